The molecule has 2 aromatic heterocycles. The summed E-state index contributed by atoms with van der Waals surface area (Å²) in [5, 5.41) is 13.1. The Hall–Kier alpha value is -2.67. The summed E-state index contributed by atoms with van der Waals surface area (Å²) in [7, 11) is 0. The lowest BCUT2D eigenvalue weighted by Crippen LogP contribution is -2.32. The maximum Gasteiger partial charge on any atom is 0.326 e. The number of carboxylic acids is 1. The minimum Gasteiger partial charge on any atom is -0.480 e. The van der Waals surface area contributed by atoms with Gasteiger partial charge < -0.3 is 15.4 Å². The SMILES string of the molecule is O=C(O)C(Cc1cnc[nH]1)Nc1nc(Cl)nc2ccccc12. The van der Waals surface area contributed by atoms with Gasteiger partial charge in [-0.3, -0.25) is 0 Å². The van der Waals surface area contributed by atoms with Crippen molar-refractivity contribution in [1.29, 1.82) is 0 Å². The van der Waals surface area contributed by atoms with Gasteiger partial charge in [0.05, 0.1) is 11.8 Å². The number of carbonyl (C=O) groups is 1. The van der Waals surface area contributed by atoms with E-state index in [-0.39, 0.29) is 11.7 Å². The van der Waals surface area contributed by atoms with Crippen molar-refractivity contribution >= 4 is 34.3 Å². The smallest absolute Gasteiger partial charge is 0.326 e. The van der Waals surface area contributed by atoms with E-state index in [1.54, 1.807) is 12.3 Å². The fourth-order valence-electron chi connectivity index (χ4n) is 2.14. The zero-order valence-corrected chi connectivity index (χ0v) is 12.1. The molecule has 3 rings (SSSR count). The fraction of sp³-hybridized carbons (Fsp3) is 0.143. The fourth-order valence-corrected chi connectivity index (χ4v) is 2.32. The zero-order chi connectivity index (χ0) is 15.5. The largest absolute Gasteiger partial charge is 0.480 e. The summed E-state index contributed by atoms with van der Waals surface area (Å²) < 4.78 is 0. The molecule has 1 atom stereocenters. The molecule has 0 fully saturated rings. The van der Waals surface area contributed by atoms with Gasteiger partial charge in [-0.05, 0) is 23.7 Å². The van der Waals surface area contributed by atoms with E-state index in [9.17, 15) is 9.90 Å². The number of hydrogen-bond acceptors (Lipinski definition) is 5. The number of nitrogens with zero attached hydrogens (tertiary/aromatic N) is 3. The molecule has 8 heteroatoms. The van der Waals surface area contributed by atoms with Crippen LogP contribution in [-0.4, -0.2) is 37.1 Å². The maximum absolute atomic E-state index is 11.5. The molecule has 3 N–H and O–H groups in total. The van der Waals surface area contributed by atoms with Crippen molar-refractivity contribution in [3.63, 3.8) is 0 Å². The Balaban J connectivity index is 1.94. The molecule has 1 aromatic carbocycles. The van der Waals surface area contributed by atoms with Crippen LogP contribution in [0.15, 0.2) is 36.8 Å². The Labute approximate surface area is 130 Å². The topological polar surface area (TPSA) is 104 Å². The molecule has 1 unspecified atom stereocenters. The van der Waals surface area contributed by atoms with Crippen molar-refractivity contribution < 1.29 is 9.90 Å². The van der Waals surface area contributed by atoms with Gasteiger partial charge >= 0.3 is 5.97 Å². The van der Waals surface area contributed by atoms with Gasteiger partial charge in [-0.2, -0.15) is 0 Å². The monoisotopic (exact) mass is 317 g/mol. The van der Waals surface area contributed by atoms with Gasteiger partial charge in [-0.25, -0.2) is 19.7 Å². The van der Waals surface area contributed by atoms with Crippen molar-refractivity contribution in [3.8, 4) is 0 Å². The summed E-state index contributed by atoms with van der Waals surface area (Å²) in [5.41, 5.74) is 1.36. The van der Waals surface area contributed by atoms with E-state index in [4.69, 9.17) is 11.6 Å². The number of halogens is 1. The van der Waals surface area contributed by atoms with Crippen LogP contribution < -0.4 is 5.32 Å². The first-order chi connectivity index (χ1) is 10.6. The van der Waals surface area contributed by atoms with Crippen LogP contribution in [0.5, 0.6) is 0 Å². The van der Waals surface area contributed by atoms with Crippen molar-refractivity contribution in [2.75, 3.05) is 5.32 Å². The third-order valence-electron chi connectivity index (χ3n) is 3.16. The summed E-state index contributed by atoms with van der Waals surface area (Å²) >= 11 is 5.90. The number of carboxylic acid groups (broad SMARTS) is 1. The second-order valence-electron chi connectivity index (χ2n) is 4.67. The average Bonchev–Trinajstić information content (AvgIpc) is 2.99. The number of imidazole rings is 1. The molecule has 0 aliphatic rings. The van der Waals surface area contributed by atoms with E-state index in [0.717, 1.165) is 0 Å². The van der Waals surface area contributed by atoms with Crippen LogP contribution in [0.1, 0.15) is 5.69 Å². The molecule has 112 valence electrons. The van der Waals surface area contributed by atoms with Gasteiger partial charge in [-0.15, -0.1) is 0 Å². The number of para-hydroxylation sites is 1. The highest BCUT2D eigenvalue weighted by Crippen LogP contribution is 2.22. The number of aliphatic carboxylic acids is 1. The number of nitrogens with one attached hydrogen (secondary N) is 2. The highest BCUT2D eigenvalue weighted by molar-refractivity contribution is 6.28. The molecule has 0 aliphatic heterocycles. The lowest BCUT2D eigenvalue weighted by molar-refractivity contribution is -0.137. The first kappa shape index (κ1) is 14.3. The normalized spacial score (nSPS) is 12.2. The molecule has 2 heterocycles. The molecule has 7 nitrogen and oxygen atoms in total. The molecule has 0 spiro atoms. The summed E-state index contributed by atoms with van der Waals surface area (Å²) in [4.78, 5) is 26.5. The predicted octanol–water partition coefficient (Wildman–Crippen LogP) is 2.11. The van der Waals surface area contributed by atoms with Crippen molar-refractivity contribution in [1.82, 2.24) is 19.9 Å². The number of rotatable bonds is 5. The van der Waals surface area contributed by atoms with Crippen LogP contribution in [0.4, 0.5) is 5.82 Å². The third kappa shape index (κ3) is 2.99. The Kier molecular flexibility index (Phi) is 3.88. The van der Waals surface area contributed by atoms with Crippen molar-refractivity contribution in [2.45, 2.75) is 12.5 Å². The number of H-pyrrole nitrogens is 1. The van der Waals surface area contributed by atoms with Gasteiger partial charge in [0.25, 0.3) is 0 Å². The van der Waals surface area contributed by atoms with Gasteiger partial charge in [0.1, 0.15) is 11.9 Å². The predicted molar refractivity (Wildman–Crippen MR) is 81.9 cm³/mol. The Morgan fingerprint density at radius 1 is 1.36 bits per heavy atom. The second kappa shape index (κ2) is 5.98. The first-order valence-corrected chi connectivity index (χ1v) is 6.90. The first-order valence-electron chi connectivity index (χ1n) is 6.52. The molecule has 22 heavy (non-hydrogen) atoms. The quantitative estimate of drug-likeness (QED) is 0.623. The Morgan fingerprint density at radius 2 is 2.18 bits per heavy atom. The van der Waals surface area contributed by atoms with E-state index in [1.807, 2.05) is 18.2 Å². The molecular formula is C14H12ClN5O2. The summed E-state index contributed by atoms with van der Waals surface area (Å²) in [6.45, 7) is 0. The molecular weight excluding hydrogens is 306 g/mol. The van der Waals surface area contributed by atoms with E-state index < -0.39 is 12.0 Å². The number of anilines is 1. The third-order valence-corrected chi connectivity index (χ3v) is 3.33. The van der Waals surface area contributed by atoms with Gasteiger partial charge in [0.15, 0.2) is 0 Å². The number of aromatic amines is 1. The van der Waals surface area contributed by atoms with E-state index in [1.165, 1.54) is 6.33 Å². The zero-order valence-electron chi connectivity index (χ0n) is 11.3. The van der Waals surface area contributed by atoms with Crippen LogP contribution in [0, 0.1) is 0 Å². The van der Waals surface area contributed by atoms with Crippen LogP contribution >= 0.6 is 11.6 Å². The molecule has 0 radical (unpaired) electrons. The minimum atomic E-state index is -0.992. The van der Waals surface area contributed by atoms with Crippen molar-refractivity contribution in [2.24, 2.45) is 0 Å². The number of benzene rings is 1. The van der Waals surface area contributed by atoms with Gasteiger partial charge in [0.2, 0.25) is 5.28 Å². The lowest BCUT2D eigenvalue weighted by atomic mass is 10.1. The highest BCUT2D eigenvalue weighted by Gasteiger charge is 2.20. The Bertz CT molecular complexity index is 806. The lowest BCUT2D eigenvalue weighted by Gasteiger charge is -2.15. The molecule has 0 saturated heterocycles. The molecule has 0 saturated carbocycles. The number of hydrogen-bond donors (Lipinski definition) is 3. The standard InChI is InChI=1S/C14H12ClN5O2/c15-14-19-10-4-2-1-3-9(10)12(20-14)18-11(13(21)22)5-8-6-16-7-17-8/h1-4,6-7,11H,5H2,(H,16,17)(H,21,22)(H,18,19,20). The summed E-state index contributed by atoms with van der Waals surface area (Å²) in [6.07, 6.45) is 3.33. The van der Waals surface area contributed by atoms with E-state index in [2.05, 4.69) is 25.3 Å². The second-order valence-corrected chi connectivity index (χ2v) is 5.01. The van der Waals surface area contributed by atoms with Crippen LogP contribution in [0.3, 0.4) is 0 Å². The summed E-state index contributed by atoms with van der Waals surface area (Å²) in [5.74, 6) is -0.601. The molecule has 0 bridgehead atoms. The molecule has 0 amide bonds. The molecule has 0 aliphatic carbocycles. The van der Waals surface area contributed by atoms with E-state index in [0.29, 0.717) is 22.4 Å². The molecule has 3 aromatic rings. The van der Waals surface area contributed by atoms with Crippen LogP contribution in [-0.2, 0) is 11.2 Å². The van der Waals surface area contributed by atoms with Crippen LogP contribution in [0.25, 0.3) is 10.9 Å². The van der Waals surface area contributed by atoms with Crippen molar-refractivity contribution in [3.05, 3.63) is 47.8 Å². The Morgan fingerprint density at radius 3 is 2.91 bits per heavy atom. The average molecular weight is 318 g/mol. The van der Waals surface area contributed by atoms with E-state index >= 15 is 0 Å². The number of aromatic nitrogens is 4. The van der Waals surface area contributed by atoms with Crippen LogP contribution in [0.2, 0.25) is 5.28 Å². The number of fused-ring (bicyclic) bond motifs is 1. The highest BCUT2D eigenvalue weighted by atomic mass is 35.5. The summed E-state index contributed by atoms with van der Waals surface area (Å²) in [6, 6.07) is 6.39. The minimum absolute atomic E-state index is 0.0619. The van der Waals surface area contributed by atoms with Gasteiger partial charge in [-0.1, -0.05) is 12.1 Å². The maximum atomic E-state index is 11.5. The van der Waals surface area contributed by atoms with Gasteiger partial charge in [0, 0.05) is 23.7 Å².